The number of aromatic nitrogens is 3. The van der Waals surface area contributed by atoms with Crippen LogP contribution >= 0.6 is 11.8 Å². The van der Waals surface area contributed by atoms with Crippen molar-refractivity contribution in [2.45, 2.75) is 36.8 Å². The van der Waals surface area contributed by atoms with E-state index in [1.54, 1.807) is 0 Å². The number of hydrogen-bond acceptors (Lipinski definition) is 4. The highest BCUT2D eigenvalue weighted by molar-refractivity contribution is 7.99. The molecule has 6 heteroatoms. The first-order valence-corrected chi connectivity index (χ1v) is 10.7. The Kier molecular flexibility index (Phi) is 5.76. The molecule has 5 nitrogen and oxygen atoms in total. The summed E-state index contributed by atoms with van der Waals surface area (Å²) >= 11 is 1.40. The number of rotatable bonds is 8. The van der Waals surface area contributed by atoms with Gasteiger partial charge in [0.15, 0.2) is 0 Å². The molecule has 1 saturated carbocycles. The molecule has 0 radical (unpaired) electrons. The minimum absolute atomic E-state index is 0.0109. The third-order valence-electron chi connectivity index (χ3n) is 4.86. The van der Waals surface area contributed by atoms with Crippen LogP contribution in [0.3, 0.4) is 0 Å². The standard InChI is InChI=1S/C22H24N4OS/c1-16(17-8-4-2-5-9-17)14-23-20(27)15-28-22-24-21(18-12-13-18)26(25-22)19-10-6-3-7-11-19/h2-11,16,18H,12-15H2,1H3,(H,23,27)/t16-/m0/s1. The van der Waals surface area contributed by atoms with Crippen LogP contribution in [0.5, 0.6) is 0 Å². The first-order valence-electron chi connectivity index (χ1n) is 9.67. The van der Waals surface area contributed by atoms with Gasteiger partial charge in [0.05, 0.1) is 11.4 Å². The van der Waals surface area contributed by atoms with E-state index in [1.807, 2.05) is 53.2 Å². The number of nitrogens with zero attached hydrogens (tertiary/aromatic N) is 3. The second-order valence-corrected chi connectivity index (χ2v) is 8.12. The van der Waals surface area contributed by atoms with Gasteiger partial charge in [0.25, 0.3) is 0 Å². The van der Waals surface area contributed by atoms with E-state index in [9.17, 15) is 4.79 Å². The van der Waals surface area contributed by atoms with Crippen LogP contribution in [0.2, 0.25) is 0 Å². The summed E-state index contributed by atoms with van der Waals surface area (Å²) in [6, 6.07) is 20.3. The first-order chi connectivity index (χ1) is 13.7. The monoisotopic (exact) mass is 392 g/mol. The van der Waals surface area contributed by atoms with Crippen LogP contribution < -0.4 is 5.32 Å². The van der Waals surface area contributed by atoms with Crippen LogP contribution in [0, 0.1) is 0 Å². The normalized spacial score (nSPS) is 14.6. The van der Waals surface area contributed by atoms with Gasteiger partial charge in [-0.05, 0) is 36.5 Å². The molecule has 4 rings (SSSR count). The summed E-state index contributed by atoms with van der Waals surface area (Å²) in [5.74, 6) is 2.11. The minimum atomic E-state index is 0.0109. The molecule has 1 aromatic heterocycles. The van der Waals surface area contributed by atoms with Crippen LogP contribution in [0.15, 0.2) is 65.8 Å². The maximum Gasteiger partial charge on any atom is 0.230 e. The highest BCUT2D eigenvalue weighted by atomic mass is 32.2. The molecule has 28 heavy (non-hydrogen) atoms. The van der Waals surface area contributed by atoms with Gasteiger partial charge < -0.3 is 5.32 Å². The zero-order valence-electron chi connectivity index (χ0n) is 15.9. The van der Waals surface area contributed by atoms with Crippen molar-refractivity contribution in [1.29, 1.82) is 0 Å². The number of thioether (sulfide) groups is 1. The van der Waals surface area contributed by atoms with E-state index in [1.165, 1.54) is 17.3 Å². The second kappa shape index (κ2) is 8.61. The fraction of sp³-hybridized carbons (Fsp3) is 0.318. The summed E-state index contributed by atoms with van der Waals surface area (Å²) in [5, 5.41) is 8.33. The van der Waals surface area contributed by atoms with Gasteiger partial charge in [0, 0.05) is 12.5 Å². The number of hydrogen-bond donors (Lipinski definition) is 1. The molecule has 1 aliphatic rings. The highest BCUT2D eigenvalue weighted by Gasteiger charge is 2.30. The third-order valence-corrected chi connectivity index (χ3v) is 5.70. The summed E-state index contributed by atoms with van der Waals surface area (Å²) in [6.45, 7) is 2.75. The van der Waals surface area contributed by atoms with Gasteiger partial charge in [-0.25, -0.2) is 9.67 Å². The van der Waals surface area contributed by atoms with Gasteiger partial charge in [0.1, 0.15) is 5.82 Å². The number of amides is 1. The van der Waals surface area contributed by atoms with E-state index >= 15 is 0 Å². The lowest BCUT2D eigenvalue weighted by molar-refractivity contribution is -0.118. The van der Waals surface area contributed by atoms with Gasteiger partial charge in [0.2, 0.25) is 11.1 Å². The van der Waals surface area contributed by atoms with Crippen LogP contribution in [-0.2, 0) is 4.79 Å². The van der Waals surface area contributed by atoms with Crippen LogP contribution in [0.4, 0.5) is 0 Å². The van der Waals surface area contributed by atoms with Crippen molar-refractivity contribution in [2.75, 3.05) is 12.3 Å². The van der Waals surface area contributed by atoms with Gasteiger partial charge in [-0.2, -0.15) is 0 Å². The molecule has 1 fully saturated rings. The van der Waals surface area contributed by atoms with Crippen molar-refractivity contribution in [3.8, 4) is 5.69 Å². The Bertz CT molecular complexity index is 922. The zero-order valence-corrected chi connectivity index (χ0v) is 16.7. The minimum Gasteiger partial charge on any atom is -0.355 e. The highest BCUT2D eigenvalue weighted by Crippen LogP contribution is 2.40. The summed E-state index contributed by atoms with van der Waals surface area (Å²) < 4.78 is 1.93. The maximum absolute atomic E-state index is 12.3. The predicted octanol–water partition coefficient (Wildman–Crippen LogP) is 4.16. The van der Waals surface area contributed by atoms with E-state index in [-0.39, 0.29) is 11.8 Å². The molecular formula is C22H24N4OS. The number of carbonyl (C=O) groups excluding carboxylic acids is 1. The summed E-state index contributed by atoms with van der Waals surface area (Å²) in [4.78, 5) is 17.0. The van der Waals surface area contributed by atoms with Crippen molar-refractivity contribution in [1.82, 2.24) is 20.1 Å². The Labute approximate surface area is 169 Å². The molecule has 0 spiro atoms. The van der Waals surface area contributed by atoms with Gasteiger partial charge in [-0.15, -0.1) is 5.10 Å². The number of benzene rings is 2. The molecular weight excluding hydrogens is 368 g/mol. The third kappa shape index (κ3) is 4.62. The molecule has 0 unspecified atom stereocenters. The van der Waals surface area contributed by atoms with Gasteiger partial charge in [-0.3, -0.25) is 4.79 Å². The van der Waals surface area contributed by atoms with Crippen molar-refractivity contribution >= 4 is 17.7 Å². The molecule has 1 atom stereocenters. The van der Waals surface area contributed by atoms with Crippen LogP contribution in [0.25, 0.3) is 5.69 Å². The number of nitrogens with one attached hydrogen (secondary N) is 1. The Balaban J connectivity index is 1.34. The maximum atomic E-state index is 12.3. The number of carbonyl (C=O) groups is 1. The molecule has 144 valence electrons. The Morgan fingerprint density at radius 3 is 2.50 bits per heavy atom. The molecule has 1 amide bonds. The van der Waals surface area contributed by atoms with Gasteiger partial charge >= 0.3 is 0 Å². The van der Waals surface area contributed by atoms with E-state index in [0.717, 1.165) is 24.4 Å². The summed E-state index contributed by atoms with van der Waals surface area (Å²) in [6.07, 6.45) is 2.32. The Morgan fingerprint density at radius 2 is 1.82 bits per heavy atom. The fourth-order valence-corrected chi connectivity index (χ4v) is 3.74. The second-order valence-electron chi connectivity index (χ2n) is 7.18. The summed E-state index contributed by atoms with van der Waals surface area (Å²) in [7, 11) is 0. The van der Waals surface area contributed by atoms with E-state index in [4.69, 9.17) is 4.98 Å². The topological polar surface area (TPSA) is 59.8 Å². The zero-order chi connectivity index (χ0) is 19.3. The van der Waals surface area contributed by atoms with Crippen molar-refractivity contribution in [2.24, 2.45) is 0 Å². The summed E-state index contributed by atoms with van der Waals surface area (Å²) in [5.41, 5.74) is 2.25. The van der Waals surface area contributed by atoms with Crippen molar-refractivity contribution in [3.05, 3.63) is 72.1 Å². The van der Waals surface area contributed by atoms with E-state index in [0.29, 0.717) is 23.4 Å². The smallest absolute Gasteiger partial charge is 0.230 e. The molecule has 0 bridgehead atoms. The van der Waals surface area contributed by atoms with Crippen molar-refractivity contribution in [3.63, 3.8) is 0 Å². The average molecular weight is 393 g/mol. The lowest BCUT2D eigenvalue weighted by atomic mass is 10.0. The average Bonchev–Trinajstić information content (AvgIpc) is 3.51. The molecule has 2 aromatic carbocycles. The molecule has 0 saturated heterocycles. The lowest BCUT2D eigenvalue weighted by Crippen LogP contribution is -2.29. The van der Waals surface area contributed by atoms with Crippen LogP contribution in [0.1, 0.15) is 43.0 Å². The number of para-hydroxylation sites is 1. The van der Waals surface area contributed by atoms with Crippen LogP contribution in [-0.4, -0.2) is 33.0 Å². The predicted molar refractivity (Wildman–Crippen MR) is 112 cm³/mol. The van der Waals surface area contributed by atoms with Gasteiger partial charge in [-0.1, -0.05) is 67.2 Å². The Morgan fingerprint density at radius 1 is 1.14 bits per heavy atom. The largest absolute Gasteiger partial charge is 0.355 e. The SMILES string of the molecule is C[C@@H](CNC(=O)CSc1nc(C2CC2)n(-c2ccccc2)n1)c1ccccc1. The molecule has 1 heterocycles. The molecule has 0 aliphatic heterocycles. The first kappa shape index (κ1) is 18.7. The van der Waals surface area contributed by atoms with E-state index in [2.05, 4.69) is 29.5 Å². The molecule has 3 aromatic rings. The molecule has 1 N–H and O–H groups in total. The fourth-order valence-electron chi connectivity index (χ4n) is 3.08. The quantitative estimate of drug-likeness (QED) is 0.585. The molecule has 1 aliphatic carbocycles. The Hall–Kier alpha value is -2.60. The van der Waals surface area contributed by atoms with E-state index < -0.39 is 0 Å². The lowest BCUT2D eigenvalue weighted by Gasteiger charge is -2.12. The van der Waals surface area contributed by atoms with Crippen molar-refractivity contribution < 1.29 is 4.79 Å².